The summed E-state index contributed by atoms with van der Waals surface area (Å²) in [6.07, 6.45) is 0.0551. The van der Waals surface area contributed by atoms with Gasteiger partial charge in [0, 0.05) is 24.6 Å². The van der Waals surface area contributed by atoms with Crippen molar-refractivity contribution in [1.82, 2.24) is 0 Å². The monoisotopic (exact) mass is 383 g/mol. The van der Waals surface area contributed by atoms with Crippen LogP contribution in [-0.4, -0.2) is 38.4 Å². The molecular weight excluding hydrogens is 362 g/mol. The SMILES string of the molecule is COc1ccc(N2C[C@@H](C(=O)Oc3ccc(C(C)=O)cc3)CC2=O)c(OC)c1. The minimum absolute atomic E-state index is 0.0551. The van der Waals surface area contributed by atoms with Gasteiger partial charge in [-0.1, -0.05) is 0 Å². The highest BCUT2D eigenvalue weighted by molar-refractivity contribution is 6.01. The predicted octanol–water partition coefficient (Wildman–Crippen LogP) is 2.86. The number of esters is 1. The Morgan fingerprint density at radius 2 is 1.68 bits per heavy atom. The van der Waals surface area contributed by atoms with E-state index >= 15 is 0 Å². The van der Waals surface area contributed by atoms with Crippen LogP contribution in [0.4, 0.5) is 5.69 Å². The van der Waals surface area contributed by atoms with Crippen molar-refractivity contribution in [2.45, 2.75) is 13.3 Å². The second kappa shape index (κ2) is 8.12. The van der Waals surface area contributed by atoms with Crippen LogP contribution in [0.15, 0.2) is 42.5 Å². The van der Waals surface area contributed by atoms with E-state index in [1.54, 1.807) is 49.6 Å². The van der Waals surface area contributed by atoms with Crippen LogP contribution in [0.5, 0.6) is 17.2 Å². The molecule has 1 fully saturated rings. The van der Waals surface area contributed by atoms with Gasteiger partial charge in [0.2, 0.25) is 5.91 Å². The number of benzene rings is 2. The number of ketones is 1. The van der Waals surface area contributed by atoms with Gasteiger partial charge in [-0.05, 0) is 43.3 Å². The van der Waals surface area contributed by atoms with E-state index < -0.39 is 11.9 Å². The van der Waals surface area contributed by atoms with Gasteiger partial charge in [-0.25, -0.2) is 0 Å². The van der Waals surface area contributed by atoms with Gasteiger partial charge in [0.05, 0.1) is 25.8 Å². The summed E-state index contributed by atoms with van der Waals surface area (Å²) in [5.74, 6) is 0.105. The number of rotatable bonds is 6. The van der Waals surface area contributed by atoms with Crippen LogP contribution in [0.3, 0.4) is 0 Å². The Hall–Kier alpha value is -3.35. The Morgan fingerprint density at radius 3 is 2.29 bits per heavy atom. The van der Waals surface area contributed by atoms with Crippen LogP contribution in [0.2, 0.25) is 0 Å². The minimum Gasteiger partial charge on any atom is -0.497 e. The van der Waals surface area contributed by atoms with E-state index in [1.807, 2.05) is 0 Å². The number of carbonyl (C=O) groups excluding carboxylic acids is 3. The van der Waals surface area contributed by atoms with Crippen molar-refractivity contribution in [2.75, 3.05) is 25.7 Å². The summed E-state index contributed by atoms with van der Waals surface area (Å²) in [6, 6.07) is 11.5. The second-order valence-corrected chi connectivity index (χ2v) is 6.44. The number of hydrogen-bond donors (Lipinski definition) is 0. The maximum absolute atomic E-state index is 12.5. The van der Waals surface area contributed by atoms with Crippen molar-refractivity contribution in [3.05, 3.63) is 48.0 Å². The number of anilines is 1. The van der Waals surface area contributed by atoms with E-state index in [1.165, 1.54) is 18.9 Å². The molecule has 1 saturated heterocycles. The summed E-state index contributed by atoms with van der Waals surface area (Å²) in [5.41, 5.74) is 1.11. The Bertz CT molecular complexity index is 906. The van der Waals surface area contributed by atoms with Crippen LogP contribution in [-0.2, 0) is 9.59 Å². The largest absolute Gasteiger partial charge is 0.497 e. The van der Waals surface area contributed by atoms with Crippen molar-refractivity contribution in [1.29, 1.82) is 0 Å². The lowest BCUT2D eigenvalue weighted by molar-refractivity contribution is -0.139. The van der Waals surface area contributed by atoms with Gasteiger partial charge < -0.3 is 19.1 Å². The average Bonchev–Trinajstić information content (AvgIpc) is 3.09. The molecule has 0 saturated carbocycles. The highest BCUT2D eigenvalue weighted by Crippen LogP contribution is 2.36. The van der Waals surface area contributed by atoms with Crippen LogP contribution in [0.1, 0.15) is 23.7 Å². The zero-order valence-corrected chi connectivity index (χ0v) is 15.9. The lowest BCUT2D eigenvalue weighted by Gasteiger charge is -2.20. The number of Topliss-reactive ketones (excluding diaryl/α,β-unsaturated/α-hetero) is 1. The molecule has 0 unspecified atom stereocenters. The topological polar surface area (TPSA) is 82.1 Å². The van der Waals surface area contributed by atoms with Gasteiger partial charge in [0.15, 0.2) is 5.78 Å². The minimum atomic E-state index is -0.591. The Morgan fingerprint density at radius 1 is 1.00 bits per heavy atom. The van der Waals surface area contributed by atoms with Gasteiger partial charge in [-0.15, -0.1) is 0 Å². The van der Waals surface area contributed by atoms with Gasteiger partial charge in [-0.2, -0.15) is 0 Å². The van der Waals surface area contributed by atoms with Crippen LogP contribution >= 0.6 is 0 Å². The number of methoxy groups -OCH3 is 2. The molecule has 0 N–H and O–H groups in total. The van der Waals surface area contributed by atoms with Gasteiger partial charge in [0.25, 0.3) is 0 Å². The van der Waals surface area contributed by atoms with Crippen molar-refractivity contribution in [3.8, 4) is 17.2 Å². The molecular formula is C21H21NO6. The molecule has 2 aromatic rings. The fourth-order valence-corrected chi connectivity index (χ4v) is 3.06. The molecule has 1 amide bonds. The summed E-state index contributed by atoms with van der Waals surface area (Å²) in [6.45, 7) is 1.67. The smallest absolute Gasteiger partial charge is 0.316 e. The van der Waals surface area contributed by atoms with Crippen molar-refractivity contribution >= 4 is 23.3 Å². The molecule has 1 atom stereocenters. The molecule has 7 nitrogen and oxygen atoms in total. The van der Waals surface area contributed by atoms with Crippen molar-refractivity contribution in [2.24, 2.45) is 5.92 Å². The standard InChI is InChI=1S/C21H21NO6/c1-13(23)14-4-6-16(7-5-14)28-21(25)15-10-20(24)22(12-15)18-9-8-17(26-2)11-19(18)27-3/h4-9,11,15H,10,12H2,1-3H3/t15-/m0/s1. The first-order valence-corrected chi connectivity index (χ1v) is 8.78. The summed E-state index contributed by atoms with van der Waals surface area (Å²) in [5, 5.41) is 0. The van der Waals surface area contributed by atoms with Gasteiger partial charge in [-0.3, -0.25) is 14.4 Å². The lowest BCUT2D eigenvalue weighted by Crippen LogP contribution is -2.27. The fraction of sp³-hybridized carbons (Fsp3) is 0.286. The van der Waals surface area contributed by atoms with E-state index in [9.17, 15) is 14.4 Å². The normalized spacial score (nSPS) is 16.0. The highest BCUT2D eigenvalue weighted by Gasteiger charge is 2.37. The first kappa shape index (κ1) is 19.4. The molecule has 0 aromatic heterocycles. The fourth-order valence-electron chi connectivity index (χ4n) is 3.06. The number of ether oxygens (including phenoxy) is 3. The first-order valence-electron chi connectivity index (χ1n) is 8.78. The molecule has 0 aliphatic carbocycles. The molecule has 0 radical (unpaired) electrons. The third-order valence-corrected chi connectivity index (χ3v) is 4.62. The van der Waals surface area contributed by atoms with Gasteiger partial charge in [0.1, 0.15) is 17.2 Å². The van der Waals surface area contributed by atoms with Crippen molar-refractivity contribution < 1.29 is 28.6 Å². The lowest BCUT2D eigenvalue weighted by atomic mass is 10.1. The number of carbonyl (C=O) groups is 3. The maximum atomic E-state index is 12.5. The van der Waals surface area contributed by atoms with Crippen LogP contribution in [0.25, 0.3) is 0 Å². The molecule has 7 heteroatoms. The Kier molecular flexibility index (Phi) is 5.63. The Labute approximate surface area is 162 Å². The van der Waals surface area contributed by atoms with E-state index in [4.69, 9.17) is 14.2 Å². The molecule has 146 valence electrons. The second-order valence-electron chi connectivity index (χ2n) is 6.44. The number of amides is 1. The zero-order valence-electron chi connectivity index (χ0n) is 15.9. The van der Waals surface area contributed by atoms with E-state index in [0.29, 0.717) is 28.5 Å². The molecule has 0 spiro atoms. The number of hydrogen-bond acceptors (Lipinski definition) is 6. The molecule has 1 aliphatic rings. The van der Waals surface area contributed by atoms with Crippen molar-refractivity contribution in [3.63, 3.8) is 0 Å². The molecule has 1 heterocycles. The molecule has 3 rings (SSSR count). The quantitative estimate of drug-likeness (QED) is 0.433. The van der Waals surface area contributed by atoms with Crippen LogP contribution in [0, 0.1) is 5.92 Å². The van der Waals surface area contributed by atoms with E-state index in [2.05, 4.69) is 0 Å². The molecule has 0 bridgehead atoms. The van der Waals surface area contributed by atoms with E-state index in [0.717, 1.165) is 0 Å². The molecule has 1 aliphatic heterocycles. The predicted molar refractivity (Wildman–Crippen MR) is 102 cm³/mol. The van der Waals surface area contributed by atoms with E-state index in [-0.39, 0.29) is 24.7 Å². The third-order valence-electron chi connectivity index (χ3n) is 4.62. The van der Waals surface area contributed by atoms with Crippen LogP contribution < -0.4 is 19.1 Å². The maximum Gasteiger partial charge on any atom is 0.316 e. The third kappa shape index (κ3) is 3.98. The summed E-state index contributed by atoms with van der Waals surface area (Å²) < 4.78 is 15.9. The number of nitrogens with zero attached hydrogens (tertiary/aromatic N) is 1. The average molecular weight is 383 g/mol. The highest BCUT2D eigenvalue weighted by atomic mass is 16.5. The summed E-state index contributed by atoms with van der Waals surface area (Å²) in [7, 11) is 3.06. The molecule has 2 aromatic carbocycles. The van der Waals surface area contributed by atoms with Gasteiger partial charge >= 0.3 is 5.97 Å². The zero-order chi connectivity index (χ0) is 20.3. The first-order chi connectivity index (χ1) is 13.4. The summed E-state index contributed by atoms with van der Waals surface area (Å²) in [4.78, 5) is 37.8. The Balaban J connectivity index is 1.71. The molecule has 28 heavy (non-hydrogen) atoms. The summed E-state index contributed by atoms with van der Waals surface area (Å²) >= 11 is 0.